The third-order valence-corrected chi connectivity index (χ3v) is 1.86. The lowest BCUT2D eigenvalue weighted by molar-refractivity contribution is 0.272. The van der Waals surface area contributed by atoms with Gasteiger partial charge < -0.3 is 4.74 Å². The molecule has 1 nitrogen and oxygen atoms in total. The zero-order chi connectivity index (χ0) is 9.40. The molecule has 0 fully saturated rings. The number of hydrogen-bond donors (Lipinski definition) is 0. The first-order chi connectivity index (χ1) is 5.70. The van der Waals surface area contributed by atoms with Crippen molar-refractivity contribution in [3.05, 3.63) is 11.8 Å². The molecule has 0 heterocycles. The predicted octanol–water partition coefficient (Wildman–Crippen LogP) is 3.75. The Balaban J connectivity index is 3.70. The third kappa shape index (κ3) is 6.26. The van der Waals surface area contributed by atoms with Crippen LogP contribution in [-0.4, -0.2) is 7.11 Å². The van der Waals surface area contributed by atoms with Crippen LogP contribution < -0.4 is 0 Å². The van der Waals surface area contributed by atoms with Crippen molar-refractivity contribution in [2.24, 2.45) is 5.92 Å². The molecule has 0 N–H and O–H groups in total. The minimum absolute atomic E-state index is 0.733. The van der Waals surface area contributed by atoms with Crippen LogP contribution >= 0.6 is 0 Å². The highest BCUT2D eigenvalue weighted by Crippen LogP contribution is 2.11. The van der Waals surface area contributed by atoms with Gasteiger partial charge in [0.15, 0.2) is 0 Å². The summed E-state index contributed by atoms with van der Waals surface area (Å²) in [6, 6.07) is 0. The Morgan fingerprint density at radius 1 is 1.42 bits per heavy atom. The van der Waals surface area contributed by atoms with Crippen molar-refractivity contribution in [2.45, 2.75) is 46.5 Å². The Morgan fingerprint density at radius 2 is 2.08 bits per heavy atom. The van der Waals surface area contributed by atoms with Crippen molar-refractivity contribution < 1.29 is 4.74 Å². The van der Waals surface area contributed by atoms with Gasteiger partial charge in [-0.3, -0.25) is 0 Å². The Morgan fingerprint density at radius 3 is 2.50 bits per heavy atom. The second-order valence-corrected chi connectivity index (χ2v) is 3.61. The smallest absolute Gasteiger partial charge is 0.0915 e. The summed E-state index contributed by atoms with van der Waals surface area (Å²) in [7, 11) is 1.77. The van der Waals surface area contributed by atoms with Crippen LogP contribution in [0.5, 0.6) is 0 Å². The van der Waals surface area contributed by atoms with Gasteiger partial charge in [-0.2, -0.15) is 0 Å². The van der Waals surface area contributed by atoms with Crippen LogP contribution in [0.2, 0.25) is 0 Å². The van der Waals surface area contributed by atoms with Gasteiger partial charge in [-0.25, -0.2) is 0 Å². The molecule has 0 rings (SSSR count). The van der Waals surface area contributed by atoms with E-state index in [4.69, 9.17) is 4.74 Å². The number of ether oxygens (including phenoxy) is 1. The first-order valence-electron chi connectivity index (χ1n) is 4.93. The normalized spacial score (nSPS) is 12.2. The Labute approximate surface area is 76.8 Å². The Bertz CT molecular complexity index is 125. The van der Waals surface area contributed by atoms with E-state index in [9.17, 15) is 0 Å². The maximum Gasteiger partial charge on any atom is 0.0915 e. The summed E-state index contributed by atoms with van der Waals surface area (Å²) < 4.78 is 5.26. The van der Waals surface area contributed by atoms with Gasteiger partial charge in [0.05, 0.1) is 12.9 Å². The number of methoxy groups -OCH3 is 1. The van der Waals surface area contributed by atoms with Gasteiger partial charge in [-0.15, -0.1) is 0 Å². The zero-order valence-electron chi connectivity index (χ0n) is 8.89. The molecule has 1 heteroatoms. The summed E-state index contributed by atoms with van der Waals surface area (Å²) in [6.07, 6.45) is 6.92. The highest BCUT2D eigenvalue weighted by molar-refractivity contribution is 4.92. The molecule has 0 amide bonds. The fourth-order valence-electron chi connectivity index (χ4n) is 1.01. The number of unbranched alkanes of at least 4 members (excludes halogenated alkanes) is 1. The zero-order valence-corrected chi connectivity index (χ0v) is 8.89. The van der Waals surface area contributed by atoms with E-state index in [-0.39, 0.29) is 0 Å². The van der Waals surface area contributed by atoms with Crippen LogP contribution in [0.15, 0.2) is 11.8 Å². The van der Waals surface area contributed by atoms with Crippen LogP contribution in [0.1, 0.15) is 46.5 Å². The van der Waals surface area contributed by atoms with E-state index in [2.05, 4.69) is 26.8 Å². The van der Waals surface area contributed by atoms with E-state index >= 15 is 0 Å². The van der Waals surface area contributed by atoms with Gasteiger partial charge in [0.2, 0.25) is 0 Å². The highest BCUT2D eigenvalue weighted by atomic mass is 16.5. The average Bonchev–Trinajstić information content (AvgIpc) is 2.05. The van der Waals surface area contributed by atoms with E-state index in [0.29, 0.717) is 0 Å². The van der Waals surface area contributed by atoms with Gasteiger partial charge in [0.1, 0.15) is 0 Å². The summed E-state index contributed by atoms with van der Waals surface area (Å²) in [4.78, 5) is 0. The molecule has 0 aromatic heterocycles. The number of rotatable bonds is 6. The van der Waals surface area contributed by atoms with Crippen molar-refractivity contribution in [2.75, 3.05) is 7.11 Å². The molecule has 0 unspecified atom stereocenters. The second kappa shape index (κ2) is 7.20. The lowest BCUT2D eigenvalue weighted by Crippen LogP contribution is -1.90. The van der Waals surface area contributed by atoms with Crippen molar-refractivity contribution in [3.8, 4) is 0 Å². The van der Waals surface area contributed by atoms with Gasteiger partial charge in [0, 0.05) is 6.42 Å². The van der Waals surface area contributed by atoms with Gasteiger partial charge in [0.25, 0.3) is 0 Å². The fraction of sp³-hybridized carbons (Fsp3) is 0.818. The van der Waals surface area contributed by atoms with Gasteiger partial charge >= 0.3 is 0 Å². The fourth-order valence-corrected chi connectivity index (χ4v) is 1.01. The highest BCUT2D eigenvalue weighted by Gasteiger charge is 1.96. The topological polar surface area (TPSA) is 9.23 Å². The first-order valence-corrected chi connectivity index (χ1v) is 4.93. The minimum Gasteiger partial charge on any atom is -0.501 e. The third-order valence-electron chi connectivity index (χ3n) is 1.86. The van der Waals surface area contributed by atoms with Gasteiger partial charge in [-0.05, 0) is 24.8 Å². The molecule has 0 spiro atoms. The molecule has 0 aliphatic rings. The van der Waals surface area contributed by atoms with E-state index in [1.807, 2.05) is 0 Å². The van der Waals surface area contributed by atoms with Crippen molar-refractivity contribution >= 4 is 0 Å². The maximum atomic E-state index is 5.26. The van der Waals surface area contributed by atoms with Crippen LogP contribution in [0.25, 0.3) is 0 Å². The number of allylic oxidation sites excluding steroid dienone is 2. The van der Waals surface area contributed by atoms with Crippen molar-refractivity contribution in [3.63, 3.8) is 0 Å². The molecule has 0 radical (unpaired) electrons. The summed E-state index contributed by atoms with van der Waals surface area (Å²) in [5.74, 6) is 1.89. The summed E-state index contributed by atoms with van der Waals surface area (Å²) >= 11 is 0. The quantitative estimate of drug-likeness (QED) is 0.552. The largest absolute Gasteiger partial charge is 0.501 e. The molecule has 0 atom stereocenters. The van der Waals surface area contributed by atoms with Gasteiger partial charge in [-0.1, -0.05) is 27.2 Å². The molecular formula is C11H22O. The van der Waals surface area contributed by atoms with Crippen molar-refractivity contribution in [1.82, 2.24) is 0 Å². The molecule has 0 aromatic carbocycles. The SMILES string of the molecule is CCCC/C(=C/CC(C)C)OC. The lowest BCUT2D eigenvalue weighted by Gasteiger charge is -2.06. The molecular weight excluding hydrogens is 148 g/mol. The molecule has 0 aromatic rings. The Hall–Kier alpha value is -0.460. The maximum absolute atomic E-state index is 5.26. The minimum atomic E-state index is 0.733. The van der Waals surface area contributed by atoms with E-state index < -0.39 is 0 Å². The summed E-state index contributed by atoms with van der Waals surface area (Å²) in [5.41, 5.74) is 0. The Kier molecular flexibility index (Phi) is 6.93. The molecule has 72 valence electrons. The van der Waals surface area contributed by atoms with Crippen molar-refractivity contribution in [1.29, 1.82) is 0 Å². The molecule has 0 saturated carbocycles. The molecule has 0 aliphatic heterocycles. The van der Waals surface area contributed by atoms with Crippen LogP contribution in [-0.2, 0) is 4.74 Å². The standard InChI is InChI=1S/C11H22O/c1-5-6-7-11(12-4)9-8-10(2)3/h9-10H,5-8H2,1-4H3/b11-9-. The molecule has 0 bridgehead atoms. The molecule has 0 aliphatic carbocycles. The second-order valence-electron chi connectivity index (χ2n) is 3.61. The van der Waals surface area contributed by atoms with Crippen LogP contribution in [0, 0.1) is 5.92 Å². The monoisotopic (exact) mass is 170 g/mol. The lowest BCUT2D eigenvalue weighted by atomic mass is 10.1. The average molecular weight is 170 g/mol. The van der Waals surface area contributed by atoms with Crippen LogP contribution in [0.4, 0.5) is 0 Å². The number of hydrogen-bond acceptors (Lipinski definition) is 1. The first kappa shape index (κ1) is 11.5. The molecule has 0 saturated heterocycles. The molecule has 12 heavy (non-hydrogen) atoms. The summed E-state index contributed by atoms with van der Waals surface area (Å²) in [5, 5.41) is 0. The van der Waals surface area contributed by atoms with E-state index in [1.165, 1.54) is 12.8 Å². The van der Waals surface area contributed by atoms with E-state index in [1.54, 1.807) is 7.11 Å². The predicted molar refractivity (Wildman–Crippen MR) is 54.1 cm³/mol. The van der Waals surface area contributed by atoms with Crippen LogP contribution in [0.3, 0.4) is 0 Å². The van der Waals surface area contributed by atoms with E-state index in [0.717, 1.165) is 24.5 Å². The summed E-state index contributed by atoms with van der Waals surface area (Å²) in [6.45, 7) is 6.66.